The zero-order valence-corrected chi connectivity index (χ0v) is 13.1. The van der Waals surface area contributed by atoms with Crippen molar-refractivity contribution in [2.75, 3.05) is 0 Å². The fraction of sp³-hybridized carbons (Fsp3) is 0.571. The summed E-state index contributed by atoms with van der Waals surface area (Å²) in [5.74, 6) is -0.836. The van der Waals surface area contributed by atoms with Gasteiger partial charge in [-0.3, -0.25) is 4.79 Å². The first-order valence-corrected chi connectivity index (χ1v) is 7.43. The molecule has 0 spiro atoms. The molecule has 0 radical (unpaired) electrons. The smallest absolute Gasteiger partial charge is 0.315 e. The van der Waals surface area contributed by atoms with Crippen LogP contribution in [0.25, 0.3) is 0 Å². The number of rotatable bonds is 6. The number of hydrogen-bond acceptors (Lipinski definition) is 3. The maximum Gasteiger partial charge on any atom is 0.315 e. The second-order valence-corrected chi connectivity index (χ2v) is 6.57. The lowest BCUT2D eigenvalue weighted by Gasteiger charge is -2.20. The minimum absolute atomic E-state index is 0.0672. The summed E-state index contributed by atoms with van der Waals surface area (Å²) < 4.78 is 0. The van der Waals surface area contributed by atoms with Gasteiger partial charge < -0.3 is 15.7 Å². The lowest BCUT2D eigenvalue weighted by atomic mass is 10.0. The van der Waals surface area contributed by atoms with E-state index in [2.05, 4.69) is 16.7 Å². The van der Waals surface area contributed by atoms with Crippen LogP contribution in [-0.2, 0) is 11.3 Å². The Morgan fingerprint density at radius 2 is 2.00 bits per heavy atom. The minimum Gasteiger partial charge on any atom is -0.481 e. The van der Waals surface area contributed by atoms with Crippen molar-refractivity contribution in [3.05, 3.63) is 21.4 Å². The number of amides is 2. The van der Waals surface area contributed by atoms with E-state index in [9.17, 15) is 9.59 Å². The third kappa shape index (κ3) is 5.21. The van der Waals surface area contributed by atoms with Crippen LogP contribution < -0.4 is 10.6 Å². The van der Waals surface area contributed by atoms with Gasteiger partial charge in [-0.1, -0.05) is 13.8 Å². The van der Waals surface area contributed by atoms with E-state index in [0.717, 1.165) is 4.88 Å². The molecular formula is C14H22N2O3S. The topological polar surface area (TPSA) is 78.4 Å². The van der Waals surface area contributed by atoms with Crippen LogP contribution in [0, 0.1) is 19.8 Å². The molecule has 1 rings (SSSR count). The molecule has 0 aliphatic rings. The van der Waals surface area contributed by atoms with Crippen LogP contribution in [0.5, 0.6) is 0 Å². The summed E-state index contributed by atoms with van der Waals surface area (Å²) in [6.45, 7) is 8.32. The molecule has 0 saturated carbocycles. The number of aryl methyl sites for hydroxylation is 2. The van der Waals surface area contributed by atoms with E-state index in [4.69, 9.17) is 5.11 Å². The number of thiophene rings is 1. The Kier molecular flexibility index (Phi) is 6.01. The number of carbonyl (C=O) groups excluding carboxylic acids is 1. The summed E-state index contributed by atoms with van der Waals surface area (Å²) in [5, 5.41) is 14.3. The van der Waals surface area contributed by atoms with E-state index in [-0.39, 0.29) is 24.4 Å². The van der Waals surface area contributed by atoms with Crippen LogP contribution in [-0.4, -0.2) is 23.1 Å². The third-order valence-electron chi connectivity index (χ3n) is 3.16. The van der Waals surface area contributed by atoms with E-state index in [1.807, 2.05) is 27.7 Å². The average molecular weight is 298 g/mol. The molecule has 1 aromatic heterocycles. The van der Waals surface area contributed by atoms with Crippen molar-refractivity contribution in [3.63, 3.8) is 0 Å². The highest BCUT2D eigenvalue weighted by molar-refractivity contribution is 7.12. The van der Waals surface area contributed by atoms with Gasteiger partial charge in [-0.2, -0.15) is 0 Å². The van der Waals surface area contributed by atoms with Crippen LogP contribution in [0.2, 0.25) is 0 Å². The van der Waals surface area contributed by atoms with Crippen molar-refractivity contribution in [1.82, 2.24) is 10.6 Å². The Hall–Kier alpha value is -1.56. The molecule has 0 fully saturated rings. The second-order valence-electron chi connectivity index (χ2n) is 5.23. The molecule has 6 heteroatoms. The molecule has 0 aliphatic heterocycles. The second kappa shape index (κ2) is 7.28. The summed E-state index contributed by atoms with van der Waals surface area (Å²) in [7, 11) is 0. The number of aliphatic carboxylic acids is 1. The maximum absolute atomic E-state index is 11.8. The number of urea groups is 1. The summed E-state index contributed by atoms with van der Waals surface area (Å²) in [4.78, 5) is 24.9. The molecule has 0 bridgehead atoms. The summed E-state index contributed by atoms with van der Waals surface area (Å²) in [6.07, 6.45) is -0.0672. The molecule has 1 heterocycles. The fourth-order valence-corrected chi connectivity index (χ4v) is 2.76. The van der Waals surface area contributed by atoms with Gasteiger partial charge in [-0.15, -0.1) is 11.3 Å². The molecule has 1 unspecified atom stereocenters. The molecular weight excluding hydrogens is 276 g/mol. The van der Waals surface area contributed by atoms with Gasteiger partial charge in [0, 0.05) is 15.8 Å². The van der Waals surface area contributed by atoms with Crippen molar-refractivity contribution >= 4 is 23.3 Å². The van der Waals surface area contributed by atoms with E-state index >= 15 is 0 Å². The zero-order chi connectivity index (χ0) is 15.3. The number of nitrogens with one attached hydrogen (secondary N) is 2. The Balaban J connectivity index is 2.47. The molecule has 1 aromatic rings. The van der Waals surface area contributed by atoms with E-state index in [1.165, 1.54) is 10.4 Å². The fourth-order valence-electron chi connectivity index (χ4n) is 1.77. The number of carboxylic acid groups (broad SMARTS) is 1. The van der Waals surface area contributed by atoms with Crippen LogP contribution in [0.15, 0.2) is 6.07 Å². The molecule has 2 amide bonds. The summed E-state index contributed by atoms with van der Waals surface area (Å²) >= 11 is 1.66. The predicted molar refractivity (Wildman–Crippen MR) is 80.0 cm³/mol. The highest BCUT2D eigenvalue weighted by Crippen LogP contribution is 2.20. The van der Waals surface area contributed by atoms with Gasteiger partial charge in [0.1, 0.15) is 0 Å². The molecule has 20 heavy (non-hydrogen) atoms. The Bertz CT molecular complexity index is 463. The molecule has 5 nitrogen and oxygen atoms in total. The highest BCUT2D eigenvalue weighted by Gasteiger charge is 2.19. The first-order valence-electron chi connectivity index (χ1n) is 6.61. The Labute approximate surface area is 123 Å². The normalized spacial score (nSPS) is 12.2. The van der Waals surface area contributed by atoms with Crippen molar-refractivity contribution < 1.29 is 14.7 Å². The van der Waals surface area contributed by atoms with Crippen LogP contribution in [0.4, 0.5) is 4.79 Å². The number of carboxylic acids is 1. The molecule has 3 N–H and O–H groups in total. The van der Waals surface area contributed by atoms with Crippen LogP contribution >= 0.6 is 11.3 Å². The van der Waals surface area contributed by atoms with Crippen molar-refractivity contribution in [2.45, 2.75) is 46.7 Å². The van der Waals surface area contributed by atoms with Gasteiger partial charge in [0.25, 0.3) is 0 Å². The number of hydrogen-bond donors (Lipinski definition) is 3. The van der Waals surface area contributed by atoms with Gasteiger partial charge in [0.05, 0.1) is 13.0 Å². The predicted octanol–water partition coefficient (Wildman–Crippen LogP) is 2.66. The van der Waals surface area contributed by atoms with Gasteiger partial charge in [0.2, 0.25) is 0 Å². The summed E-state index contributed by atoms with van der Waals surface area (Å²) in [6, 6.07) is 1.37. The van der Waals surface area contributed by atoms with Crippen LogP contribution in [0.3, 0.4) is 0 Å². The largest absolute Gasteiger partial charge is 0.481 e. The van der Waals surface area contributed by atoms with Gasteiger partial charge in [-0.25, -0.2) is 4.79 Å². The molecule has 0 aliphatic carbocycles. The minimum atomic E-state index is -0.909. The maximum atomic E-state index is 11.8. The third-order valence-corrected chi connectivity index (χ3v) is 4.31. The average Bonchev–Trinajstić information content (AvgIpc) is 2.65. The molecule has 0 saturated heterocycles. The number of carbonyl (C=O) groups is 2. The van der Waals surface area contributed by atoms with Gasteiger partial charge in [0.15, 0.2) is 0 Å². The quantitative estimate of drug-likeness (QED) is 0.755. The van der Waals surface area contributed by atoms with Gasteiger partial charge >= 0.3 is 12.0 Å². The molecule has 1 atom stereocenters. The van der Waals surface area contributed by atoms with Gasteiger partial charge in [-0.05, 0) is 31.4 Å². The first kappa shape index (κ1) is 16.5. The van der Waals surface area contributed by atoms with Crippen molar-refractivity contribution in [3.8, 4) is 0 Å². The Morgan fingerprint density at radius 3 is 2.45 bits per heavy atom. The lowest BCUT2D eigenvalue weighted by Crippen LogP contribution is -2.45. The van der Waals surface area contributed by atoms with Crippen molar-refractivity contribution in [1.29, 1.82) is 0 Å². The molecule has 112 valence electrons. The van der Waals surface area contributed by atoms with E-state index in [0.29, 0.717) is 6.54 Å². The zero-order valence-electron chi connectivity index (χ0n) is 12.3. The Morgan fingerprint density at radius 1 is 1.35 bits per heavy atom. The van der Waals surface area contributed by atoms with E-state index in [1.54, 1.807) is 11.3 Å². The SMILES string of the molecule is Cc1cc(CNC(=O)NC(CC(=O)O)C(C)C)sc1C. The standard InChI is InChI=1S/C14H22N2O3S/c1-8(2)12(6-13(17)18)16-14(19)15-7-11-5-9(3)10(4)20-11/h5,8,12H,6-7H2,1-4H3,(H,17,18)(H2,15,16,19). The first-order chi connectivity index (χ1) is 9.29. The summed E-state index contributed by atoms with van der Waals surface area (Å²) in [5.41, 5.74) is 1.22. The van der Waals surface area contributed by atoms with E-state index < -0.39 is 5.97 Å². The molecule has 0 aromatic carbocycles. The van der Waals surface area contributed by atoms with Crippen LogP contribution in [0.1, 0.15) is 35.6 Å². The van der Waals surface area contributed by atoms with Crippen molar-refractivity contribution in [2.24, 2.45) is 5.92 Å². The lowest BCUT2D eigenvalue weighted by molar-refractivity contribution is -0.137. The monoisotopic (exact) mass is 298 g/mol. The highest BCUT2D eigenvalue weighted by atomic mass is 32.1.